The summed E-state index contributed by atoms with van der Waals surface area (Å²) < 4.78 is 7.58. The third-order valence-corrected chi connectivity index (χ3v) is 4.27. The molecule has 23 heavy (non-hydrogen) atoms. The third-order valence-electron chi connectivity index (χ3n) is 4.27. The molecular weight excluding hydrogens is 298 g/mol. The van der Waals surface area contributed by atoms with Crippen molar-refractivity contribution in [3.05, 3.63) is 21.9 Å². The molecule has 0 saturated heterocycles. The Morgan fingerprint density at radius 2 is 1.87 bits per heavy atom. The van der Waals surface area contributed by atoms with Gasteiger partial charge in [-0.25, -0.2) is 15.0 Å². The molecule has 0 atom stereocenters. The Hall–Kier alpha value is -2.05. The Kier molecular flexibility index (Phi) is 5.63. The van der Waals surface area contributed by atoms with Crippen LogP contribution >= 0.6 is 0 Å². The molecule has 1 saturated carbocycles. The largest absolute Gasteiger partial charge is 0.449 e. The average molecular weight is 323 g/mol. The lowest BCUT2D eigenvalue weighted by Crippen LogP contribution is -2.37. The molecule has 1 aliphatic carbocycles. The standard InChI is InChI=1S/C16H25N3O4/c1-4-13-14(11(3)20)19(17-15(21)23-5-2)16(22)18(13)12-9-7-6-8-10-12/h12H,4-10H2,1-3H3,(H,17,21). The number of rotatable bonds is 5. The Bertz CT molecular complexity index is 638. The minimum Gasteiger partial charge on any atom is -0.449 e. The van der Waals surface area contributed by atoms with Gasteiger partial charge >= 0.3 is 11.8 Å². The molecule has 1 amide bonds. The number of hydrogen-bond donors (Lipinski definition) is 1. The highest BCUT2D eigenvalue weighted by Gasteiger charge is 2.28. The van der Waals surface area contributed by atoms with Crippen LogP contribution in [0.1, 0.15) is 75.1 Å². The Balaban J connectivity index is 2.52. The van der Waals surface area contributed by atoms with Crippen molar-refractivity contribution in [2.75, 3.05) is 12.0 Å². The second-order valence-corrected chi connectivity index (χ2v) is 5.82. The summed E-state index contributed by atoms with van der Waals surface area (Å²) in [6.07, 6.45) is 4.99. The number of aromatic nitrogens is 2. The summed E-state index contributed by atoms with van der Waals surface area (Å²) in [5.74, 6) is -0.245. The van der Waals surface area contributed by atoms with E-state index < -0.39 is 6.09 Å². The normalized spacial score (nSPS) is 15.4. The molecule has 1 aromatic heterocycles. The van der Waals surface area contributed by atoms with Gasteiger partial charge in [-0.05, 0) is 26.2 Å². The number of ketones is 1. The molecule has 1 heterocycles. The number of hydrogen-bond acceptors (Lipinski definition) is 4. The van der Waals surface area contributed by atoms with Crippen LogP contribution in [0.3, 0.4) is 0 Å². The number of carbonyl (C=O) groups excluding carboxylic acids is 2. The Morgan fingerprint density at radius 1 is 1.22 bits per heavy atom. The summed E-state index contributed by atoms with van der Waals surface area (Å²) in [4.78, 5) is 36.6. The van der Waals surface area contributed by atoms with Crippen molar-refractivity contribution in [3.8, 4) is 0 Å². The second kappa shape index (κ2) is 7.48. The van der Waals surface area contributed by atoms with Gasteiger partial charge < -0.3 is 4.74 Å². The molecule has 0 bridgehead atoms. The van der Waals surface area contributed by atoms with Crippen LogP contribution < -0.4 is 11.1 Å². The highest BCUT2D eigenvalue weighted by molar-refractivity contribution is 5.94. The van der Waals surface area contributed by atoms with Crippen molar-refractivity contribution in [2.45, 2.75) is 65.3 Å². The van der Waals surface area contributed by atoms with Crippen LogP contribution in [-0.2, 0) is 11.2 Å². The maximum atomic E-state index is 12.8. The van der Waals surface area contributed by atoms with Gasteiger partial charge in [-0.2, -0.15) is 4.68 Å². The summed E-state index contributed by atoms with van der Waals surface area (Å²) in [6.45, 7) is 5.19. The van der Waals surface area contributed by atoms with Crippen molar-refractivity contribution in [1.29, 1.82) is 0 Å². The number of imidazole rings is 1. The van der Waals surface area contributed by atoms with Gasteiger partial charge in [0.05, 0.1) is 12.3 Å². The Morgan fingerprint density at radius 3 is 2.39 bits per heavy atom. The summed E-state index contributed by atoms with van der Waals surface area (Å²) in [5.41, 5.74) is 2.96. The van der Waals surface area contributed by atoms with Crippen LogP contribution in [-0.4, -0.2) is 27.7 Å². The lowest BCUT2D eigenvalue weighted by molar-refractivity contribution is 0.100. The van der Waals surface area contributed by atoms with Gasteiger partial charge in [0, 0.05) is 13.0 Å². The first-order chi connectivity index (χ1) is 11.0. The molecule has 0 radical (unpaired) electrons. The highest BCUT2D eigenvalue weighted by Crippen LogP contribution is 2.29. The van der Waals surface area contributed by atoms with Crippen molar-refractivity contribution in [2.24, 2.45) is 0 Å². The smallest absolute Gasteiger partial charge is 0.426 e. The first-order valence-corrected chi connectivity index (χ1v) is 8.32. The van der Waals surface area contributed by atoms with Gasteiger partial charge in [0.2, 0.25) is 0 Å². The van der Waals surface area contributed by atoms with E-state index in [-0.39, 0.29) is 29.8 Å². The average Bonchev–Trinajstić information content (AvgIpc) is 2.80. The van der Waals surface area contributed by atoms with Crippen LogP contribution in [0.15, 0.2) is 4.79 Å². The molecule has 0 aliphatic heterocycles. The first-order valence-electron chi connectivity index (χ1n) is 8.32. The van der Waals surface area contributed by atoms with E-state index in [1.54, 1.807) is 11.5 Å². The van der Waals surface area contributed by atoms with Crippen molar-refractivity contribution >= 4 is 11.9 Å². The minimum absolute atomic E-state index is 0.0922. The van der Waals surface area contributed by atoms with Crippen LogP contribution in [0.2, 0.25) is 0 Å². The second-order valence-electron chi connectivity index (χ2n) is 5.82. The van der Waals surface area contributed by atoms with Gasteiger partial charge in [-0.1, -0.05) is 26.2 Å². The zero-order valence-electron chi connectivity index (χ0n) is 14.1. The van der Waals surface area contributed by atoms with Crippen LogP contribution in [0.5, 0.6) is 0 Å². The minimum atomic E-state index is -0.736. The van der Waals surface area contributed by atoms with E-state index in [0.29, 0.717) is 12.1 Å². The zero-order chi connectivity index (χ0) is 17.0. The molecule has 0 aromatic carbocycles. The van der Waals surface area contributed by atoms with Gasteiger partial charge in [0.1, 0.15) is 5.69 Å². The number of nitrogens with one attached hydrogen (secondary N) is 1. The molecule has 0 spiro atoms. The van der Waals surface area contributed by atoms with Gasteiger partial charge in [0.25, 0.3) is 0 Å². The molecule has 1 N–H and O–H groups in total. The van der Waals surface area contributed by atoms with E-state index in [2.05, 4.69) is 5.43 Å². The van der Waals surface area contributed by atoms with Gasteiger partial charge in [-0.15, -0.1) is 0 Å². The van der Waals surface area contributed by atoms with Crippen molar-refractivity contribution in [1.82, 2.24) is 9.24 Å². The summed E-state index contributed by atoms with van der Waals surface area (Å²) in [5, 5.41) is 0. The van der Waals surface area contributed by atoms with Gasteiger partial charge in [0.15, 0.2) is 5.78 Å². The van der Waals surface area contributed by atoms with Crippen molar-refractivity contribution in [3.63, 3.8) is 0 Å². The van der Waals surface area contributed by atoms with E-state index in [9.17, 15) is 14.4 Å². The number of amides is 1. The van der Waals surface area contributed by atoms with Gasteiger partial charge in [-0.3, -0.25) is 9.36 Å². The number of carbonyl (C=O) groups is 2. The topological polar surface area (TPSA) is 82.3 Å². The van der Waals surface area contributed by atoms with Crippen LogP contribution in [0.4, 0.5) is 4.79 Å². The fourth-order valence-electron chi connectivity index (χ4n) is 3.33. The first kappa shape index (κ1) is 17.3. The molecule has 1 aromatic rings. The maximum Gasteiger partial charge on any atom is 0.426 e. The number of Topliss-reactive ketones (excluding diaryl/α,β-unsaturated/α-hetero) is 1. The summed E-state index contributed by atoms with van der Waals surface area (Å²) in [6, 6.07) is 0.0922. The monoisotopic (exact) mass is 323 g/mol. The SMILES string of the molecule is CCOC(=O)Nn1c(C(C)=O)c(CC)n(C2CCCCC2)c1=O. The molecule has 1 aliphatic rings. The third kappa shape index (κ3) is 3.48. The quantitative estimate of drug-likeness (QED) is 0.844. The van der Waals surface area contributed by atoms with E-state index in [4.69, 9.17) is 4.74 Å². The lowest BCUT2D eigenvalue weighted by Gasteiger charge is -2.24. The highest BCUT2D eigenvalue weighted by atomic mass is 16.6. The van der Waals surface area contributed by atoms with E-state index in [1.807, 2.05) is 6.92 Å². The predicted molar refractivity (Wildman–Crippen MR) is 86.6 cm³/mol. The molecule has 128 valence electrons. The fraction of sp³-hybridized carbons (Fsp3) is 0.688. The van der Waals surface area contributed by atoms with Crippen LogP contribution in [0, 0.1) is 0 Å². The predicted octanol–water partition coefficient (Wildman–Crippen LogP) is 2.62. The van der Waals surface area contributed by atoms with Crippen LogP contribution in [0.25, 0.3) is 0 Å². The number of ether oxygens (including phenoxy) is 1. The Labute approximate surface area is 135 Å². The molecule has 7 nitrogen and oxygen atoms in total. The summed E-state index contributed by atoms with van der Waals surface area (Å²) >= 11 is 0. The molecular formula is C16H25N3O4. The molecule has 2 rings (SSSR count). The van der Waals surface area contributed by atoms with E-state index in [0.717, 1.165) is 30.4 Å². The molecule has 7 heteroatoms. The fourth-order valence-corrected chi connectivity index (χ4v) is 3.33. The zero-order valence-corrected chi connectivity index (χ0v) is 14.1. The van der Waals surface area contributed by atoms with E-state index >= 15 is 0 Å². The lowest BCUT2D eigenvalue weighted by atomic mass is 9.95. The molecule has 1 fully saturated rings. The molecule has 0 unspecified atom stereocenters. The van der Waals surface area contributed by atoms with Crippen molar-refractivity contribution < 1.29 is 14.3 Å². The number of nitrogens with zero attached hydrogens (tertiary/aromatic N) is 2. The maximum absolute atomic E-state index is 12.8. The summed E-state index contributed by atoms with van der Waals surface area (Å²) in [7, 11) is 0. The van der Waals surface area contributed by atoms with E-state index in [1.165, 1.54) is 13.3 Å².